The molecule has 2 aromatic carbocycles. The van der Waals surface area contributed by atoms with Crippen molar-refractivity contribution < 1.29 is 4.79 Å². The first-order valence-electron chi connectivity index (χ1n) is 11.0. The molecular weight excluding hydrogens is 445 g/mol. The van der Waals surface area contributed by atoms with E-state index in [1.165, 1.54) is 4.68 Å². The third-order valence-corrected chi connectivity index (χ3v) is 6.96. The lowest BCUT2D eigenvalue weighted by Gasteiger charge is -2.45. The van der Waals surface area contributed by atoms with Crippen molar-refractivity contribution in [3.8, 4) is 5.69 Å². The van der Waals surface area contributed by atoms with E-state index in [2.05, 4.69) is 4.90 Å². The zero-order valence-corrected chi connectivity index (χ0v) is 19.9. The van der Waals surface area contributed by atoms with E-state index in [0.717, 1.165) is 37.9 Å². The van der Waals surface area contributed by atoms with Crippen molar-refractivity contribution >= 4 is 29.0 Å². The first-order chi connectivity index (χ1) is 15.4. The second kappa shape index (κ2) is 9.26. The highest BCUT2D eigenvalue weighted by Crippen LogP contribution is 2.42. The minimum absolute atomic E-state index is 0.0244. The van der Waals surface area contributed by atoms with Crippen molar-refractivity contribution in [1.29, 1.82) is 0 Å². The maximum absolute atomic E-state index is 13.9. The van der Waals surface area contributed by atoms with Gasteiger partial charge in [-0.2, -0.15) is 0 Å². The molecule has 1 fully saturated rings. The quantitative estimate of drug-likeness (QED) is 0.496. The van der Waals surface area contributed by atoms with Crippen LogP contribution < -0.4 is 5.56 Å². The van der Waals surface area contributed by atoms with Crippen LogP contribution in [0.15, 0.2) is 59.4 Å². The summed E-state index contributed by atoms with van der Waals surface area (Å²) in [5, 5.41) is 0.647. The van der Waals surface area contributed by atoms with Crippen molar-refractivity contribution in [2.45, 2.75) is 38.1 Å². The summed E-state index contributed by atoms with van der Waals surface area (Å²) in [6, 6.07) is 16.7. The fourth-order valence-corrected chi connectivity index (χ4v) is 5.41. The topological polar surface area (TPSA) is 47.2 Å². The zero-order chi connectivity index (χ0) is 22.9. The van der Waals surface area contributed by atoms with Crippen LogP contribution in [0.25, 0.3) is 5.69 Å². The van der Waals surface area contributed by atoms with Crippen molar-refractivity contribution in [1.82, 2.24) is 14.3 Å². The average molecular weight is 472 g/mol. The molecule has 0 amide bonds. The maximum atomic E-state index is 13.9. The van der Waals surface area contributed by atoms with Gasteiger partial charge in [-0.05, 0) is 55.8 Å². The second-order valence-electron chi connectivity index (χ2n) is 8.18. The summed E-state index contributed by atoms with van der Waals surface area (Å²) in [6.45, 7) is 3.39. The molecule has 0 spiro atoms. The molecule has 1 saturated heterocycles. The second-order valence-corrected chi connectivity index (χ2v) is 8.99. The molecule has 7 heteroatoms. The van der Waals surface area contributed by atoms with Gasteiger partial charge in [0.2, 0.25) is 0 Å². The number of piperidine rings is 1. The molecule has 5 nitrogen and oxygen atoms in total. The van der Waals surface area contributed by atoms with E-state index in [0.29, 0.717) is 22.8 Å². The van der Waals surface area contributed by atoms with Gasteiger partial charge in [-0.1, -0.05) is 66.9 Å². The monoisotopic (exact) mass is 471 g/mol. The van der Waals surface area contributed by atoms with Crippen molar-refractivity contribution in [2.75, 3.05) is 13.1 Å². The minimum atomic E-state index is -1.14. The molecule has 0 aliphatic carbocycles. The molecule has 1 aliphatic rings. The molecule has 2 heterocycles. The molecule has 1 aromatic heterocycles. The van der Waals surface area contributed by atoms with Gasteiger partial charge < -0.3 is 0 Å². The number of hydrogen-bond acceptors (Lipinski definition) is 3. The van der Waals surface area contributed by atoms with Crippen LogP contribution in [-0.4, -0.2) is 33.1 Å². The summed E-state index contributed by atoms with van der Waals surface area (Å²) in [5.74, 6) is 0.0244. The van der Waals surface area contributed by atoms with Gasteiger partial charge in [0.15, 0.2) is 5.78 Å². The van der Waals surface area contributed by atoms with Crippen molar-refractivity contribution in [3.63, 3.8) is 0 Å². The first kappa shape index (κ1) is 22.8. The summed E-state index contributed by atoms with van der Waals surface area (Å²) in [4.78, 5) is 29.5. The largest absolute Gasteiger partial charge is 0.297 e. The van der Waals surface area contributed by atoms with E-state index in [1.54, 1.807) is 36.0 Å². The molecule has 0 bridgehead atoms. The van der Waals surface area contributed by atoms with Crippen LogP contribution in [0.1, 0.15) is 43.9 Å². The van der Waals surface area contributed by atoms with Crippen molar-refractivity contribution in [3.05, 3.63) is 86.3 Å². The average Bonchev–Trinajstić information content (AvgIpc) is 3.05. The number of carbonyl (C=O) groups is 1. The Balaban J connectivity index is 2.06. The fourth-order valence-electron chi connectivity index (χ4n) is 4.94. The van der Waals surface area contributed by atoms with E-state index in [1.807, 2.05) is 37.3 Å². The molecule has 0 radical (unpaired) electrons. The summed E-state index contributed by atoms with van der Waals surface area (Å²) in [5.41, 5.74) is 0.491. The van der Waals surface area contributed by atoms with Gasteiger partial charge in [0.25, 0.3) is 5.56 Å². The van der Waals surface area contributed by atoms with Gasteiger partial charge in [0.1, 0.15) is 10.6 Å². The number of aromatic nitrogens is 2. The Labute approximate surface area is 198 Å². The SMILES string of the molecule is CCC(=O)C(c1ccccc1)(c1c(Cl)c(=O)n(-c2ccc(Cl)cc2)n1C)N1CCCCC1. The van der Waals surface area contributed by atoms with Gasteiger partial charge in [-0.15, -0.1) is 0 Å². The van der Waals surface area contributed by atoms with Gasteiger partial charge in [0, 0.05) is 18.5 Å². The lowest BCUT2D eigenvalue weighted by molar-refractivity contribution is -0.130. The third kappa shape index (κ3) is 3.62. The van der Waals surface area contributed by atoms with E-state index < -0.39 is 5.54 Å². The number of halogens is 2. The van der Waals surface area contributed by atoms with Gasteiger partial charge in [-0.25, -0.2) is 4.68 Å². The Kier molecular flexibility index (Phi) is 6.61. The third-order valence-electron chi connectivity index (χ3n) is 6.37. The Morgan fingerprint density at radius 3 is 2.19 bits per heavy atom. The lowest BCUT2D eigenvalue weighted by atomic mass is 9.78. The predicted octanol–water partition coefficient (Wildman–Crippen LogP) is 5.19. The standard InChI is InChI=1S/C25H27Cl2N3O2/c1-3-21(31)25(18-10-6-4-7-11-18,29-16-8-5-9-17-29)23-22(27)24(32)30(28(23)2)20-14-12-19(26)13-15-20/h4,6-7,10-15H,3,5,8-9,16-17H2,1-2H3. The minimum Gasteiger partial charge on any atom is -0.297 e. The molecule has 168 valence electrons. The molecule has 0 N–H and O–H groups in total. The molecular formula is C25H27Cl2N3O2. The summed E-state index contributed by atoms with van der Waals surface area (Å²) >= 11 is 12.9. The number of likely N-dealkylation sites (tertiary alicyclic amines) is 1. The highest BCUT2D eigenvalue weighted by atomic mass is 35.5. The number of rotatable bonds is 6. The highest BCUT2D eigenvalue weighted by Gasteiger charge is 2.50. The molecule has 1 unspecified atom stereocenters. The summed E-state index contributed by atoms with van der Waals surface area (Å²) in [6.07, 6.45) is 3.44. The molecule has 1 atom stereocenters. The Bertz CT molecular complexity index is 1160. The van der Waals surface area contributed by atoms with Crippen LogP contribution in [0.3, 0.4) is 0 Å². The van der Waals surface area contributed by atoms with Crippen molar-refractivity contribution in [2.24, 2.45) is 7.05 Å². The molecule has 1 aliphatic heterocycles. The number of Topliss-reactive ketones (excluding diaryl/α,β-unsaturated/α-hetero) is 1. The van der Waals surface area contributed by atoms with E-state index >= 15 is 0 Å². The predicted molar refractivity (Wildman–Crippen MR) is 129 cm³/mol. The van der Waals surface area contributed by atoms with Gasteiger partial charge in [0.05, 0.1) is 11.4 Å². The normalized spacial score (nSPS) is 16.6. The Morgan fingerprint density at radius 1 is 0.969 bits per heavy atom. The Morgan fingerprint density at radius 2 is 1.59 bits per heavy atom. The van der Waals surface area contributed by atoms with E-state index in [9.17, 15) is 9.59 Å². The van der Waals surface area contributed by atoms with Gasteiger partial charge in [-0.3, -0.25) is 19.2 Å². The van der Waals surface area contributed by atoms with Crippen LogP contribution >= 0.6 is 23.2 Å². The van der Waals surface area contributed by atoms with E-state index in [-0.39, 0.29) is 16.4 Å². The highest BCUT2D eigenvalue weighted by molar-refractivity contribution is 6.31. The van der Waals surface area contributed by atoms with Crippen LogP contribution in [0.2, 0.25) is 10.0 Å². The number of benzene rings is 2. The number of carbonyl (C=O) groups excluding carboxylic acids is 1. The van der Waals surface area contributed by atoms with Crippen LogP contribution in [0, 0.1) is 0 Å². The zero-order valence-electron chi connectivity index (χ0n) is 18.4. The number of nitrogens with zero attached hydrogens (tertiary/aromatic N) is 3. The molecule has 4 rings (SSSR count). The van der Waals surface area contributed by atoms with Gasteiger partial charge >= 0.3 is 0 Å². The molecule has 3 aromatic rings. The Hall–Kier alpha value is -2.34. The summed E-state index contributed by atoms with van der Waals surface area (Å²) in [7, 11) is 1.79. The lowest BCUT2D eigenvalue weighted by Crippen LogP contribution is -2.55. The fraction of sp³-hybridized carbons (Fsp3) is 0.360. The van der Waals surface area contributed by atoms with Crippen LogP contribution in [0.5, 0.6) is 0 Å². The first-order valence-corrected chi connectivity index (χ1v) is 11.8. The molecule has 32 heavy (non-hydrogen) atoms. The number of hydrogen-bond donors (Lipinski definition) is 0. The van der Waals surface area contributed by atoms with E-state index in [4.69, 9.17) is 23.2 Å². The smallest absolute Gasteiger partial charge is 0.290 e. The summed E-state index contributed by atoms with van der Waals surface area (Å²) < 4.78 is 3.25. The molecule has 0 saturated carbocycles. The van der Waals surface area contributed by atoms with Crippen LogP contribution in [-0.2, 0) is 17.4 Å². The van der Waals surface area contributed by atoms with Crippen LogP contribution in [0.4, 0.5) is 0 Å². The maximum Gasteiger partial charge on any atom is 0.290 e. The number of ketones is 1.